The Bertz CT molecular complexity index is 3500. The molecule has 7 aromatic rings. The molecule has 1 aliphatic carbocycles. The van der Waals surface area contributed by atoms with Crippen LogP contribution in [0.5, 0.6) is 0 Å². The van der Waals surface area contributed by atoms with Crippen LogP contribution in [-0.4, -0.2) is 75.9 Å². The average molecular weight is 1040 g/mol. The molecule has 2 aliphatic rings. The van der Waals surface area contributed by atoms with Crippen LogP contribution < -0.4 is 40.6 Å². The summed E-state index contributed by atoms with van der Waals surface area (Å²) in [6, 6.07) is 21.1. The lowest BCUT2D eigenvalue weighted by Crippen LogP contribution is -2.53. The van der Waals surface area contributed by atoms with Gasteiger partial charge in [-0.15, -0.1) is 0 Å². The van der Waals surface area contributed by atoms with Gasteiger partial charge in [0, 0.05) is 72.9 Å². The fourth-order valence-electron chi connectivity index (χ4n) is 9.96. The first-order valence-corrected chi connectivity index (χ1v) is 25.3. The lowest BCUT2D eigenvalue weighted by atomic mass is 10.0. The third-order valence-electron chi connectivity index (χ3n) is 13.3. The molecule has 9 rings (SSSR count). The number of oxazole rings is 2. The van der Waals surface area contributed by atoms with Gasteiger partial charge < -0.3 is 29.3 Å². The van der Waals surface area contributed by atoms with E-state index in [9.17, 15) is 46.3 Å². The van der Waals surface area contributed by atoms with E-state index in [0.717, 1.165) is 30.3 Å². The molecule has 5 aromatic carbocycles. The number of hydrogen-bond donors (Lipinski definition) is 2. The Morgan fingerprint density at radius 3 is 1.70 bits per heavy atom. The van der Waals surface area contributed by atoms with E-state index in [-0.39, 0.29) is 50.1 Å². The molecule has 1 aliphatic heterocycles. The number of aromatic nitrogens is 2. The number of amides is 4. The lowest BCUT2D eigenvalue weighted by molar-refractivity contribution is -0.127. The van der Waals surface area contributed by atoms with Crippen LogP contribution in [0.4, 0.5) is 40.3 Å². The Morgan fingerprint density at radius 1 is 0.703 bits per heavy atom. The Hall–Kier alpha value is -7.94. The van der Waals surface area contributed by atoms with E-state index in [1.165, 1.54) is 18.9 Å². The van der Waals surface area contributed by atoms with Crippen molar-refractivity contribution in [3.8, 4) is 0 Å². The molecule has 0 saturated heterocycles. The summed E-state index contributed by atoms with van der Waals surface area (Å²) < 4.78 is 75.7. The number of aryl methyl sites for hydroxylation is 2. The number of halogens is 4. The van der Waals surface area contributed by atoms with Gasteiger partial charge in [-0.25, -0.2) is 27.2 Å². The molecule has 1 fully saturated rings. The number of rotatable bonds is 17. The van der Waals surface area contributed by atoms with Crippen LogP contribution in [0.2, 0.25) is 0 Å². The molecule has 386 valence electrons. The van der Waals surface area contributed by atoms with Crippen molar-refractivity contribution < 1.29 is 45.6 Å². The zero-order valence-corrected chi connectivity index (χ0v) is 41.8. The van der Waals surface area contributed by atoms with Crippen molar-refractivity contribution in [2.24, 2.45) is 0 Å². The molecule has 2 N–H and O–H groups in total. The predicted octanol–water partition coefficient (Wildman–Crippen LogP) is 7.52. The van der Waals surface area contributed by atoms with E-state index in [4.69, 9.17) is 8.83 Å². The van der Waals surface area contributed by atoms with Gasteiger partial charge in [0.1, 0.15) is 47.9 Å². The van der Waals surface area contributed by atoms with Gasteiger partial charge in [-0.2, -0.15) is 0 Å². The Kier molecular flexibility index (Phi) is 14.1. The quantitative estimate of drug-likeness (QED) is 0.0686. The van der Waals surface area contributed by atoms with Crippen molar-refractivity contribution in [1.29, 1.82) is 0 Å². The van der Waals surface area contributed by atoms with Crippen LogP contribution >= 0.6 is 10.9 Å². The maximum Gasteiger partial charge on any atom is 0.419 e. The maximum absolute atomic E-state index is 15.0. The molecule has 4 amide bonds. The van der Waals surface area contributed by atoms with Crippen LogP contribution in [-0.2, 0) is 38.7 Å². The summed E-state index contributed by atoms with van der Waals surface area (Å²) in [4.78, 5) is 86.5. The summed E-state index contributed by atoms with van der Waals surface area (Å²) in [6.07, 6.45) is -0.288. The summed E-state index contributed by atoms with van der Waals surface area (Å²) in [5, 5.41) is 7.57. The van der Waals surface area contributed by atoms with Crippen molar-refractivity contribution in [1.82, 2.24) is 19.8 Å². The third kappa shape index (κ3) is 9.58. The van der Waals surface area contributed by atoms with E-state index in [1.807, 2.05) is 0 Å². The SMILES string of the molecule is C/C=S1\N(CC(=O)NC(Cc2cc(F)cc(F)c2)C(=O)N(CC)c2ccc3oc(=O)n(CC)c3c2)c2ccccc2N1CC(=O)N[C@]1(C(=O)N(CC)c2ccc3oc(=O)n(CC)c3c2)CC1c1cc(F)cc(F)c1. The molecule has 3 unspecified atom stereocenters. The van der Waals surface area contributed by atoms with E-state index < -0.39 is 86.8 Å². The normalized spacial score (nSPS) is 17.4. The van der Waals surface area contributed by atoms with Gasteiger partial charge in [0.25, 0.3) is 5.91 Å². The molecule has 0 bridgehead atoms. The molecule has 3 heterocycles. The second-order valence-corrected chi connectivity index (χ2v) is 19.8. The summed E-state index contributed by atoms with van der Waals surface area (Å²) in [5.74, 6) is -7.83. The topological polar surface area (TPSA) is 176 Å². The highest BCUT2D eigenvalue weighted by Gasteiger charge is 2.63. The summed E-state index contributed by atoms with van der Waals surface area (Å²) in [5.41, 5.74) is 2.04. The minimum Gasteiger partial charge on any atom is -0.408 e. The number of hydrogen-bond acceptors (Lipinski definition) is 10. The Morgan fingerprint density at radius 2 is 1.20 bits per heavy atom. The van der Waals surface area contributed by atoms with Gasteiger partial charge in [-0.05, 0) is 130 Å². The van der Waals surface area contributed by atoms with Gasteiger partial charge >= 0.3 is 11.5 Å². The number of fused-ring (bicyclic) bond motifs is 3. The van der Waals surface area contributed by atoms with Crippen molar-refractivity contribution >= 4 is 84.8 Å². The summed E-state index contributed by atoms with van der Waals surface area (Å²) in [6.45, 7) is 8.88. The van der Waals surface area contributed by atoms with Gasteiger partial charge in [0.15, 0.2) is 11.2 Å². The van der Waals surface area contributed by atoms with Crippen LogP contribution in [0.3, 0.4) is 0 Å². The molecule has 74 heavy (non-hydrogen) atoms. The zero-order valence-electron chi connectivity index (χ0n) is 41.0. The monoisotopic (exact) mass is 1040 g/mol. The molecular weight excluding hydrogens is 985 g/mol. The number of anilines is 4. The number of nitrogens with one attached hydrogen (secondary N) is 2. The number of likely N-dealkylation sites (N-methyl/N-ethyl adjacent to an activating group) is 2. The minimum absolute atomic E-state index is 0.00838. The van der Waals surface area contributed by atoms with E-state index >= 15 is 0 Å². The molecule has 1 saturated carbocycles. The highest BCUT2D eigenvalue weighted by atomic mass is 32.2. The Balaban J connectivity index is 0.985. The number of para-hydroxylation sites is 2. The van der Waals surface area contributed by atoms with Gasteiger partial charge in [-0.3, -0.25) is 36.9 Å². The van der Waals surface area contributed by atoms with Crippen molar-refractivity contribution in [3.05, 3.63) is 153 Å². The van der Waals surface area contributed by atoms with Crippen molar-refractivity contribution in [2.75, 3.05) is 44.6 Å². The number of benzene rings is 5. The number of carbonyl (C=O) groups excluding carboxylic acids is 4. The summed E-state index contributed by atoms with van der Waals surface area (Å²) in [7, 11) is -1.14. The van der Waals surface area contributed by atoms with Crippen molar-refractivity contribution in [3.63, 3.8) is 0 Å². The van der Waals surface area contributed by atoms with E-state index in [2.05, 4.69) is 10.6 Å². The first-order valence-electron chi connectivity index (χ1n) is 24.1. The zero-order chi connectivity index (χ0) is 52.7. The minimum atomic E-state index is -1.66. The molecule has 21 heteroatoms. The molecule has 2 aromatic heterocycles. The fourth-order valence-corrected chi connectivity index (χ4v) is 11.9. The first kappa shape index (κ1) is 51.0. The smallest absolute Gasteiger partial charge is 0.408 e. The molecule has 0 radical (unpaired) electrons. The van der Waals surface area contributed by atoms with Gasteiger partial charge in [0.05, 0.1) is 22.4 Å². The lowest BCUT2D eigenvalue weighted by Gasteiger charge is -2.30. The van der Waals surface area contributed by atoms with Crippen LogP contribution in [0.15, 0.2) is 115 Å². The summed E-state index contributed by atoms with van der Waals surface area (Å²) >= 11 is 0. The highest BCUT2D eigenvalue weighted by molar-refractivity contribution is 8.17. The average Bonchev–Trinajstić information content (AvgIpc) is 3.74. The van der Waals surface area contributed by atoms with E-state index in [1.54, 1.807) is 109 Å². The van der Waals surface area contributed by atoms with Crippen molar-refractivity contribution in [2.45, 2.75) is 78.0 Å². The largest absolute Gasteiger partial charge is 0.419 e. The molecule has 16 nitrogen and oxygen atoms in total. The molecular formula is C53H52F4N8O8S. The van der Waals surface area contributed by atoms with Crippen LogP contribution in [0, 0.1) is 23.3 Å². The second-order valence-electron chi connectivity index (χ2n) is 17.8. The van der Waals surface area contributed by atoms with Crippen LogP contribution in [0.1, 0.15) is 58.1 Å². The van der Waals surface area contributed by atoms with E-state index in [0.29, 0.717) is 64.1 Å². The number of nitrogens with zero attached hydrogens (tertiary/aromatic N) is 6. The van der Waals surface area contributed by atoms with Gasteiger partial charge in [-0.1, -0.05) is 12.1 Å². The predicted molar refractivity (Wildman–Crippen MR) is 275 cm³/mol. The second kappa shape index (κ2) is 20.5. The molecule has 0 spiro atoms. The highest BCUT2D eigenvalue weighted by Crippen LogP contribution is 2.54. The van der Waals surface area contributed by atoms with Crippen LogP contribution in [0.25, 0.3) is 22.2 Å². The fraction of sp³-hybridized carbons (Fsp3) is 0.302. The maximum atomic E-state index is 15.0. The Labute approximate surface area is 423 Å². The van der Waals surface area contributed by atoms with Gasteiger partial charge in [0.2, 0.25) is 17.7 Å². The standard InChI is InChI=1S/C53H52F4N8O8S/c1-6-60(37-15-17-45-43(26-37)62(8-3)51(70)72-45)49(68)40(21-31-19-33(54)24-34(55)20-31)58-47(66)29-64-41-13-11-12-14-42(41)65(74(64)10-5)30-48(67)59-53(28-39(53)32-22-35(56)25-36(57)23-32)50(69)61(7-2)38-16-18-46-44(27-38)63(9-4)52(71)73-46/h10-20,22-27,39-40H,6-9,21,28-30H2,1-5H3,(H,58,66)(H,59,67)/t39?,40?,53-,74?/m1/s1. The third-order valence-corrected chi connectivity index (χ3v) is 15.3. The number of carbonyl (C=O) groups is 4. The first-order chi connectivity index (χ1) is 35.5. The molecule has 4 atom stereocenters.